The molecule has 0 radical (unpaired) electrons. The van der Waals surface area contributed by atoms with Crippen LogP contribution in [0.3, 0.4) is 0 Å². The van der Waals surface area contributed by atoms with Crippen molar-refractivity contribution in [1.82, 2.24) is 4.57 Å². The van der Waals surface area contributed by atoms with Crippen molar-refractivity contribution in [3.05, 3.63) is 94.3 Å². The quantitative estimate of drug-likeness (QED) is 0.441. The van der Waals surface area contributed by atoms with Crippen LogP contribution in [0.25, 0.3) is 10.9 Å². The van der Waals surface area contributed by atoms with E-state index in [1.54, 1.807) is 34.9 Å². The molecule has 1 aromatic heterocycles. The van der Waals surface area contributed by atoms with Crippen molar-refractivity contribution in [2.45, 2.75) is 23.3 Å². The normalized spacial score (nSPS) is 11.5. The smallest absolute Gasteiger partial charge is 0.211 e. The fraction of sp³-hybridized carbons (Fsp3) is 0.160. The summed E-state index contributed by atoms with van der Waals surface area (Å²) < 4.78 is 39.0. The van der Waals surface area contributed by atoms with Crippen molar-refractivity contribution >= 4 is 20.7 Å². The second-order valence-electron chi connectivity index (χ2n) is 7.50. The van der Waals surface area contributed by atoms with Gasteiger partial charge < -0.3 is 14.0 Å². The van der Waals surface area contributed by atoms with Gasteiger partial charge in [-0.3, -0.25) is 4.79 Å². The number of ether oxygens (including phenoxy) is 2. The first kappa shape index (κ1) is 21.6. The molecular weight excluding hydrogens is 426 g/mol. The van der Waals surface area contributed by atoms with Crippen LogP contribution in [0.5, 0.6) is 11.5 Å². The highest BCUT2D eigenvalue weighted by molar-refractivity contribution is 7.91. The van der Waals surface area contributed by atoms with Crippen LogP contribution in [0, 0.1) is 6.92 Å². The van der Waals surface area contributed by atoms with Crippen molar-refractivity contribution in [3.8, 4) is 11.5 Å². The largest absolute Gasteiger partial charge is 0.497 e. The van der Waals surface area contributed by atoms with Gasteiger partial charge in [-0.25, -0.2) is 8.42 Å². The van der Waals surface area contributed by atoms with Crippen LogP contribution in [0.2, 0.25) is 0 Å². The van der Waals surface area contributed by atoms with E-state index >= 15 is 0 Å². The van der Waals surface area contributed by atoms with Crippen LogP contribution < -0.4 is 14.9 Å². The minimum Gasteiger partial charge on any atom is -0.497 e. The zero-order valence-corrected chi connectivity index (χ0v) is 18.8. The molecule has 32 heavy (non-hydrogen) atoms. The molecule has 0 saturated heterocycles. The van der Waals surface area contributed by atoms with Crippen LogP contribution >= 0.6 is 0 Å². The lowest BCUT2D eigenvalue weighted by Gasteiger charge is -2.15. The van der Waals surface area contributed by atoms with E-state index in [1.807, 2.05) is 31.2 Å². The van der Waals surface area contributed by atoms with Crippen LogP contribution in [0.4, 0.5) is 0 Å². The van der Waals surface area contributed by atoms with E-state index in [-0.39, 0.29) is 15.2 Å². The SMILES string of the molecule is COc1ccc(S(=O)(=O)c2cn(Cc3cccc(C)c3)c3ccc(OC)cc3c2=O)cc1. The van der Waals surface area contributed by atoms with Gasteiger partial charge in [-0.1, -0.05) is 29.8 Å². The summed E-state index contributed by atoms with van der Waals surface area (Å²) in [5, 5.41) is 0.284. The second-order valence-corrected chi connectivity index (χ2v) is 9.42. The number of aryl methyl sites for hydroxylation is 1. The molecule has 0 N–H and O–H groups in total. The molecule has 0 saturated carbocycles. The molecule has 0 bridgehead atoms. The van der Waals surface area contributed by atoms with E-state index < -0.39 is 15.3 Å². The molecular formula is C25H23NO5S. The lowest BCUT2D eigenvalue weighted by Crippen LogP contribution is -2.19. The summed E-state index contributed by atoms with van der Waals surface area (Å²) in [6, 6.07) is 19.1. The van der Waals surface area contributed by atoms with Gasteiger partial charge in [-0.15, -0.1) is 0 Å². The topological polar surface area (TPSA) is 74.6 Å². The van der Waals surface area contributed by atoms with Crippen molar-refractivity contribution in [2.75, 3.05) is 14.2 Å². The average molecular weight is 450 g/mol. The van der Waals surface area contributed by atoms with E-state index in [1.165, 1.54) is 32.5 Å². The number of hydrogen-bond donors (Lipinski definition) is 0. The number of fused-ring (bicyclic) bond motifs is 1. The Morgan fingerprint density at radius 3 is 2.22 bits per heavy atom. The molecule has 0 fully saturated rings. The number of hydrogen-bond acceptors (Lipinski definition) is 5. The van der Waals surface area contributed by atoms with E-state index in [4.69, 9.17) is 9.47 Å². The molecule has 7 heteroatoms. The molecule has 164 valence electrons. The van der Waals surface area contributed by atoms with Gasteiger partial charge in [0, 0.05) is 12.7 Å². The van der Waals surface area contributed by atoms with Gasteiger partial charge >= 0.3 is 0 Å². The van der Waals surface area contributed by atoms with Crippen LogP contribution in [0.1, 0.15) is 11.1 Å². The monoisotopic (exact) mass is 449 g/mol. The molecule has 4 rings (SSSR count). The molecule has 0 aliphatic heterocycles. The number of benzene rings is 3. The Balaban J connectivity index is 1.95. The third kappa shape index (κ3) is 3.99. The maximum Gasteiger partial charge on any atom is 0.211 e. The first-order valence-corrected chi connectivity index (χ1v) is 11.5. The third-order valence-corrected chi connectivity index (χ3v) is 7.11. The molecule has 0 unspecified atom stereocenters. The van der Waals surface area contributed by atoms with Gasteiger partial charge in [0.05, 0.1) is 30.0 Å². The summed E-state index contributed by atoms with van der Waals surface area (Å²) in [6.45, 7) is 2.41. The highest BCUT2D eigenvalue weighted by Crippen LogP contribution is 2.25. The molecule has 1 heterocycles. The van der Waals surface area contributed by atoms with Gasteiger partial charge in [-0.2, -0.15) is 0 Å². The van der Waals surface area contributed by atoms with Crippen molar-refractivity contribution in [1.29, 1.82) is 0 Å². The Kier molecular flexibility index (Phi) is 5.76. The molecule has 0 aliphatic carbocycles. The van der Waals surface area contributed by atoms with Crippen molar-refractivity contribution < 1.29 is 17.9 Å². The fourth-order valence-electron chi connectivity index (χ4n) is 3.69. The van der Waals surface area contributed by atoms with Crippen LogP contribution in [0.15, 0.2) is 87.5 Å². The summed E-state index contributed by atoms with van der Waals surface area (Å²) in [5.74, 6) is 1.01. The molecule has 0 aliphatic rings. The third-order valence-electron chi connectivity index (χ3n) is 5.35. The van der Waals surface area contributed by atoms with Crippen molar-refractivity contribution in [2.24, 2.45) is 0 Å². The maximum atomic E-state index is 13.4. The molecule has 4 aromatic rings. The van der Waals surface area contributed by atoms with Crippen LogP contribution in [-0.2, 0) is 16.4 Å². The molecule has 3 aromatic carbocycles. The lowest BCUT2D eigenvalue weighted by atomic mass is 10.1. The predicted octanol–water partition coefficient (Wildman–Crippen LogP) is 4.21. The predicted molar refractivity (Wildman–Crippen MR) is 123 cm³/mol. The summed E-state index contributed by atoms with van der Waals surface area (Å²) in [5.41, 5.74) is 2.17. The van der Waals surface area contributed by atoms with Gasteiger partial charge in [0.15, 0.2) is 0 Å². The Bertz CT molecular complexity index is 1450. The first-order chi connectivity index (χ1) is 15.3. The Labute approximate surface area is 186 Å². The van der Waals surface area contributed by atoms with Crippen molar-refractivity contribution in [3.63, 3.8) is 0 Å². The van der Waals surface area contributed by atoms with Gasteiger partial charge in [0.25, 0.3) is 0 Å². The van der Waals surface area contributed by atoms with Gasteiger partial charge in [0.1, 0.15) is 16.4 Å². The summed E-state index contributed by atoms with van der Waals surface area (Å²) in [7, 11) is -1.05. The zero-order valence-electron chi connectivity index (χ0n) is 18.0. The Morgan fingerprint density at radius 2 is 1.56 bits per heavy atom. The number of rotatable bonds is 6. The molecule has 6 nitrogen and oxygen atoms in total. The van der Waals surface area contributed by atoms with E-state index in [0.29, 0.717) is 23.6 Å². The van der Waals surface area contributed by atoms with E-state index in [0.717, 1.165) is 11.1 Å². The highest BCUT2D eigenvalue weighted by atomic mass is 32.2. The highest BCUT2D eigenvalue weighted by Gasteiger charge is 2.24. The van der Waals surface area contributed by atoms with Crippen LogP contribution in [-0.4, -0.2) is 27.2 Å². The molecule has 0 amide bonds. The number of aromatic nitrogens is 1. The first-order valence-electron chi connectivity index (χ1n) is 9.99. The summed E-state index contributed by atoms with van der Waals surface area (Å²) in [4.78, 5) is 13.1. The standard InChI is InChI=1S/C25H23NO5S/c1-17-5-4-6-18(13-17)15-26-16-24(25(27)22-14-20(31-3)9-12-23(22)26)32(28,29)21-10-7-19(30-2)8-11-21/h4-14,16H,15H2,1-3H3. The van der Waals surface area contributed by atoms with Gasteiger partial charge in [-0.05, 0) is 55.0 Å². The Hall–Kier alpha value is -3.58. The summed E-state index contributed by atoms with van der Waals surface area (Å²) >= 11 is 0. The van der Waals surface area contributed by atoms with Gasteiger partial charge in [0.2, 0.25) is 15.3 Å². The number of pyridine rings is 1. The lowest BCUT2D eigenvalue weighted by molar-refractivity contribution is 0.414. The van der Waals surface area contributed by atoms with E-state index in [9.17, 15) is 13.2 Å². The number of methoxy groups -OCH3 is 2. The van der Waals surface area contributed by atoms with E-state index in [2.05, 4.69) is 0 Å². The molecule has 0 atom stereocenters. The summed E-state index contributed by atoms with van der Waals surface area (Å²) in [6.07, 6.45) is 1.43. The number of nitrogens with zero attached hydrogens (tertiary/aromatic N) is 1. The fourth-order valence-corrected chi connectivity index (χ4v) is 5.06. The number of sulfone groups is 1. The zero-order chi connectivity index (χ0) is 22.9. The maximum absolute atomic E-state index is 13.4. The Morgan fingerprint density at radius 1 is 0.875 bits per heavy atom. The minimum absolute atomic E-state index is 0.0275. The minimum atomic E-state index is -4.06. The second kappa shape index (κ2) is 8.51. The molecule has 0 spiro atoms. The average Bonchev–Trinajstić information content (AvgIpc) is 2.80.